The van der Waals surface area contributed by atoms with Crippen molar-refractivity contribution in [3.05, 3.63) is 45.5 Å². The first-order valence-corrected chi connectivity index (χ1v) is 12.0. The molecule has 0 amide bonds. The number of aromatic nitrogens is 5. The number of nitrogens with one attached hydrogen (secondary N) is 1. The van der Waals surface area contributed by atoms with Gasteiger partial charge in [-0.15, -0.1) is 0 Å². The number of hydrogen-bond donors (Lipinski definition) is 1. The van der Waals surface area contributed by atoms with E-state index >= 15 is 0 Å². The SMILES string of the molecule is [2H]C([2H])([2H])C(c1ccc2nc(C)sc2n1)N1C[C@H](CC)N(c2cc(=O)n(C([2H])([2H])[2H])c3c[nH]nc23)C[C@H]1CC. The molecule has 0 radical (unpaired) electrons. The predicted octanol–water partition coefficient (Wildman–Crippen LogP) is 4.02. The molecule has 4 aromatic heterocycles. The average molecular weight is 472 g/mol. The first-order chi connectivity index (χ1) is 18.3. The molecule has 0 bridgehead atoms. The fourth-order valence-corrected chi connectivity index (χ4v) is 5.58. The van der Waals surface area contributed by atoms with Crippen LogP contribution in [-0.4, -0.2) is 54.8 Å². The van der Waals surface area contributed by atoms with Gasteiger partial charge in [-0.1, -0.05) is 25.2 Å². The lowest BCUT2D eigenvalue weighted by Gasteiger charge is -2.49. The molecule has 5 heterocycles. The second kappa shape index (κ2) is 8.53. The lowest BCUT2D eigenvalue weighted by atomic mass is 9.98. The molecule has 1 unspecified atom stereocenters. The number of pyridine rings is 2. The highest BCUT2D eigenvalue weighted by Crippen LogP contribution is 2.34. The summed E-state index contributed by atoms with van der Waals surface area (Å²) < 4.78 is 49.7. The van der Waals surface area contributed by atoms with E-state index in [9.17, 15) is 4.79 Å². The van der Waals surface area contributed by atoms with Crippen molar-refractivity contribution in [1.29, 1.82) is 0 Å². The maximum atomic E-state index is 13.0. The Bertz CT molecular complexity index is 1560. The Morgan fingerprint density at radius 3 is 2.85 bits per heavy atom. The number of nitrogens with zero attached hydrogens (tertiary/aromatic N) is 6. The Morgan fingerprint density at radius 2 is 2.09 bits per heavy atom. The quantitative estimate of drug-likeness (QED) is 0.473. The minimum Gasteiger partial charge on any atom is -0.364 e. The zero-order valence-electron chi connectivity index (χ0n) is 24.9. The molecule has 1 saturated heterocycles. The third-order valence-corrected chi connectivity index (χ3v) is 7.45. The van der Waals surface area contributed by atoms with Crippen LogP contribution in [0, 0.1) is 6.92 Å². The zero-order valence-corrected chi connectivity index (χ0v) is 19.7. The normalized spacial score (nSPS) is 24.2. The van der Waals surface area contributed by atoms with Crippen molar-refractivity contribution in [3.63, 3.8) is 0 Å². The molecule has 1 aliphatic heterocycles. The molecule has 0 aliphatic carbocycles. The lowest BCUT2D eigenvalue weighted by Crippen LogP contribution is -2.58. The Labute approximate surface area is 205 Å². The van der Waals surface area contributed by atoms with Gasteiger partial charge in [0.25, 0.3) is 5.56 Å². The van der Waals surface area contributed by atoms with Gasteiger partial charge < -0.3 is 9.47 Å². The summed E-state index contributed by atoms with van der Waals surface area (Å²) in [6.07, 6.45) is 2.77. The molecule has 174 valence electrons. The third kappa shape index (κ3) is 3.73. The number of piperazine rings is 1. The van der Waals surface area contributed by atoms with Gasteiger partial charge in [0.05, 0.1) is 21.9 Å². The first-order valence-electron chi connectivity index (χ1n) is 14.2. The van der Waals surface area contributed by atoms with E-state index in [1.54, 1.807) is 6.07 Å². The molecule has 0 saturated carbocycles. The molecule has 4 aromatic rings. The molecule has 1 fully saturated rings. The van der Waals surface area contributed by atoms with Crippen molar-refractivity contribution in [2.24, 2.45) is 6.98 Å². The van der Waals surface area contributed by atoms with Gasteiger partial charge in [-0.3, -0.25) is 14.8 Å². The van der Waals surface area contributed by atoms with E-state index in [4.69, 9.17) is 13.2 Å². The van der Waals surface area contributed by atoms with Gasteiger partial charge in [0.15, 0.2) is 0 Å². The van der Waals surface area contributed by atoms with Crippen molar-refractivity contribution in [2.75, 3.05) is 18.0 Å². The van der Waals surface area contributed by atoms with Gasteiger partial charge in [0.1, 0.15) is 15.9 Å². The van der Waals surface area contributed by atoms with E-state index < -0.39 is 25.4 Å². The van der Waals surface area contributed by atoms with Gasteiger partial charge >= 0.3 is 0 Å². The summed E-state index contributed by atoms with van der Waals surface area (Å²) in [5, 5.41) is 7.89. The monoisotopic (exact) mass is 471 g/mol. The highest BCUT2D eigenvalue weighted by Gasteiger charge is 2.36. The molecule has 8 nitrogen and oxygen atoms in total. The molecule has 1 N–H and O–H groups in total. The molecule has 33 heavy (non-hydrogen) atoms. The van der Waals surface area contributed by atoms with Gasteiger partial charge in [-0.2, -0.15) is 5.10 Å². The minimum absolute atomic E-state index is 0.144. The minimum atomic E-state index is -2.65. The van der Waals surface area contributed by atoms with Crippen molar-refractivity contribution in [3.8, 4) is 0 Å². The summed E-state index contributed by atoms with van der Waals surface area (Å²) >= 11 is 1.44. The van der Waals surface area contributed by atoms with Crippen LogP contribution in [0.3, 0.4) is 0 Å². The summed E-state index contributed by atoms with van der Waals surface area (Å²) in [4.78, 5) is 27.1. The van der Waals surface area contributed by atoms with Gasteiger partial charge in [0.2, 0.25) is 0 Å². The summed E-state index contributed by atoms with van der Waals surface area (Å²) in [7, 11) is 0. The maximum Gasteiger partial charge on any atom is 0.252 e. The van der Waals surface area contributed by atoms with Crippen molar-refractivity contribution in [2.45, 2.75) is 58.6 Å². The van der Waals surface area contributed by atoms with E-state index in [-0.39, 0.29) is 17.6 Å². The predicted molar refractivity (Wildman–Crippen MR) is 134 cm³/mol. The van der Waals surface area contributed by atoms with Crippen LogP contribution in [0.2, 0.25) is 0 Å². The van der Waals surface area contributed by atoms with Crippen LogP contribution in [0.4, 0.5) is 5.69 Å². The lowest BCUT2D eigenvalue weighted by molar-refractivity contribution is 0.0993. The van der Waals surface area contributed by atoms with Crippen molar-refractivity contribution < 1.29 is 8.22 Å². The smallest absolute Gasteiger partial charge is 0.252 e. The van der Waals surface area contributed by atoms with Crippen LogP contribution >= 0.6 is 11.3 Å². The highest BCUT2D eigenvalue weighted by atomic mass is 32.1. The van der Waals surface area contributed by atoms with Crippen molar-refractivity contribution in [1.82, 2.24) is 29.6 Å². The summed E-state index contributed by atoms with van der Waals surface area (Å²) in [5.41, 5.74) is 1.76. The number of aromatic amines is 1. The Morgan fingerprint density at radius 1 is 1.24 bits per heavy atom. The third-order valence-electron chi connectivity index (χ3n) is 6.57. The van der Waals surface area contributed by atoms with Crippen LogP contribution in [0.1, 0.15) is 58.5 Å². The van der Waals surface area contributed by atoms with Crippen LogP contribution in [-0.2, 0) is 6.98 Å². The van der Waals surface area contributed by atoms with Crippen LogP contribution in [0.25, 0.3) is 21.4 Å². The molecule has 1 aliphatic rings. The zero-order chi connectivity index (χ0) is 28.3. The topological polar surface area (TPSA) is 82.9 Å². The molecule has 3 atom stereocenters. The molecule has 5 rings (SSSR count). The van der Waals surface area contributed by atoms with E-state index in [1.807, 2.05) is 31.7 Å². The number of rotatable bonds is 5. The number of fused-ring (bicyclic) bond motifs is 2. The number of thiazole rings is 1. The Hall–Kier alpha value is -2.78. The largest absolute Gasteiger partial charge is 0.364 e. The van der Waals surface area contributed by atoms with Crippen molar-refractivity contribution >= 4 is 38.4 Å². The van der Waals surface area contributed by atoms with Crippen LogP contribution < -0.4 is 10.5 Å². The average Bonchev–Trinajstić information content (AvgIpc) is 3.47. The molecule has 0 aromatic carbocycles. The molecule has 9 heteroatoms. The fourth-order valence-electron chi connectivity index (χ4n) is 4.79. The Balaban J connectivity index is 1.57. The van der Waals surface area contributed by atoms with Crippen LogP contribution in [0.5, 0.6) is 0 Å². The second-order valence-electron chi connectivity index (χ2n) is 8.49. The Kier molecular flexibility index (Phi) is 4.12. The maximum absolute atomic E-state index is 13.0. The highest BCUT2D eigenvalue weighted by molar-refractivity contribution is 7.18. The standard InChI is InChI=1S/C24H31N7OS/c1-6-16-13-31(20-10-22(32)29(5)21-11-25-28-23(20)21)17(7-2)12-30(16)14(3)18-8-9-19-24(27-18)33-15(4)26-19/h8-11,14,16-17H,6-7,12-13H2,1-5H3,(H,25,28)/t14?,16-,17+/m1/s1/i3D3,5D3. The second-order valence-corrected chi connectivity index (χ2v) is 9.67. The van der Waals surface area contributed by atoms with E-state index in [2.05, 4.69) is 20.1 Å². The molecular weight excluding hydrogens is 434 g/mol. The summed E-state index contributed by atoms with van der Waals surface area (Å²) in [6.45, 7) is 1.82. The van der Waals surface area contributed by atoms with E-state index in [0.717, 1.165) is 15.1 Å². The number of aryl methyl sites for hydroxylation is 2. The van der Waals surface area contributed by atoms with E-state index in [1.165, 1.54) is 23.6 Å². The van der Waals surface area contributed by atoms with E-state index in [0.29, 0.717) is 47.7 Å². The van der Waals surface area contributed by atoms with Gasteiger partial charge in [0, 0.05) is 58.7 Å². The fraction of sp³-hybridized carbons (Fsp3) is 0.500. The number of anilines is 1. The molecule has 0 spiro atoms. The van der Waals surface area contributed by atoms with Crippen LogP contribution in [0.15, 0.2) is 29.2 Å². The first kappa shape index (κ1) is 16.0. The summed E-state index contributed by atoms with van der Waals surface area (Å²) in [6, 6.07) is 3.71. The number of H-pyrrole nitrogens is 1. The summed E-state index contributed by atoms with van der Waals surface area (Å²) in [5.74, 6) is 0. The van der Waals surface area contributed by atoms with Gasteiger partial charge in [-0.25, -0.2) is 9.97 Å². The van der Waals surface area contributed by atoms with Gasteiger partial charge in [-0.05, 0) is 38.8 Å². The molecular formula is C24H31N7OS. The number of hydrogen-bond acceptors (Lipinski definition) is 7.